The smallest absolute Gasteiger partial charge is 0.240 e. The van der Waals surface area contributed by atoms with Gasteiger partial charge in [-0.1, -0.05) is 18.2 Å². The lowest BCUT2D eigenvalue weighted by Gasteiger charge is -2.29. The molecule has 0 spiro atoms. The number of anilines is 1. The van der Waals surface area contributed by atoms with Crippen molar-refractivity contribution in [2.45, 2.75) is 44.6 Å². The summed E-state index contributed by atoms with van der Waals surface area (Å²) >= 11 is 1.45. The van der Waals surface area contributed by atoms with Crippen molar-refractivity contribution < 1.29 is 9.59 Å². The van der Waals surface area contributed by atoms with Crippen molar-refractivity contribution in [1.29, 1.82) is 0 Å². The average molecular weight is 377 g/mol. The van der Waals surface area contributed by atoms with Gasteiger partial charge in [-0.3, -0.25) is 14.5 Å². The second-order valence-electron chi connectivity index (χ2n) is 7.11. The summed E-state index contributed by atoms with van der Waals surface area (Å²) in [4.78, 5) is 33.3. The highest BCUT2D eigenvalue weighted by Crippen LogP contribution is 2.36. The third kappa shape index (κ3) is 4.76. The molecule has 0 bridgehead atoms. The molecule has 0 aromatic carbocycles. The molecule has 0 radical (unpaired) electrons. The van der Waals surface area contributed by atoms with Crippen molar-refractivity contribution in [2.75, 3.05) is 43.4 Å². The highest BCUT2D eigenvalue weighted by molar-refractivity contribution is 8.00. The van der Waals surface area contributed by atoms with Crippen LogP contribution in [0.25, 0.3) is 0 Å². The molecule has 0 aliphatic carbocycles. The largest absolute Gasteiger partial charge is 0.355 e. The monoisotopic (exact) mass is 376 g/mol. The lowest BCUT2D eigenvalue weighted by molar-refractivity contribution is -0.123. The summed E-state index contributed by atoms with van der Waals surface area (Å²) in [7, 11) is 0. The predicted molar refractivity (Wildman–Crippen MR) is 105 cm³/mol. The third-order valence-electron chi connectivity index (χ3n) is 4.91. The van der Waals surface area contributed by atoms with Crippen LogP contribution in [0.3, 0.4) is 0 Å². The molecule has 1 aromatic heterocycles. The highest BCUT2D eigenvalue weighted by atomic mass is 32.2. The number of amides is 2. The van der Waals surface area contributed by atoms with Gasteiger partial charge in [-0.2, -0.15) is 0 Å². The highest BCUT2D eigenvalue weighted by Gasteiger charge is 2.29. The van der Waals surface area contributed by atoms with Gasteiger partial charge in [-0.05, 0) is 64.4 Å². The van der Waals surface area contributed by atoms with Gasteiger partial charge in [0, 0.05) is 12.2 Å². The molecule has 26 heavy (non-hydrogen) atoms. The minimum absolute atomic E-state index is 0.0280. The molecule has 1 fully saturated rings. The molecule has 0 saturated carbocycles. The first-order valence-corrected chi connectivity index (χ1v) is 10.4. The van der Waals surface area contributed by atoms with E-state index >= 15 is 0 Å². The molecular formula is C19H28N4O2S. The Morgan fingerprint density at radius 3 is 2.81 bits per heavy atom. The summed E-state index contributed by atoms with van der Waals surface area (Å²) < 4.78 is 0. The summed E-state index contributed by atoms with van der Waals surface area (Å²) in [5.74, 6) is 0.208. The second-order valence-corrected chi connectivity index (χ2v) is 8.07. The molecule has 1 N–H and O–H groups in total. The Kier molecular flexibility index (Phi) is 6.53. The van der Waals surface area contributed by atoms with Crippen LogP contribution in [0.5, 0.6) is 0 Å². The lowest BCUT2D eigenvalue weighted by atomic mass is 10.1. The zero-order valence-electron chi connectivity index (χ0n) is 15.7. The normalized spacial score (nSPS) is 17.9. The number of carbonyl (C=O) groups excluding carboxylic acids is 2. The van der Waals surface area contributed by atoms with E-state index in [0.29, 0.717) is 12.3 Å². The first-order chi connectivity index (χ1) is 12.5. The topological polar surface area (TPSA) is 65.5 Å². The molecule has 0 atom stereocenters. The fourth-order valence-electron chi connectivity index (χ4n) is 3.64. The van der Waals surface area contributed by atoms with E-state index in [-0.39, 0.29) is 18.4 Å². The summed E-state index contributed by atoms with van der Waals surface area (Å²) in [6, 6.07) is 1.96. The molecule has 2 aliphatic rings. The fraction of sp³-hybridized carbons (Fsp3) is 0.632. The number of hydrogen-bond donors (Lipinski definition) is 1. The van der Waals surface area contributed by atoms with E-state index in [4.69, 9.17) is 0 Å². The minimum atomic E-state index is -0.102. The van der Waals surface area contributed by atoms with E-state index in [0.717, 1.165) is 34.9 Å². The standard InChI is InChI=1S/C19H28N4O2S/c1-14-11-15(2)21-19-18(14)23(17(25)13-26-19)12-16(24)20-7-6-10-22-8-4-3-5-9-22/h11H,3-10,12-13H2,1-2H3,(H,20,24). The molecule has 3 heterocycles. The number of piperidine rings is 1. The van der Waals surface area contributed by atoms with Gasteiger partial charge in [0.05, 0.1) is 11.4 Å². The molecule has 0 unspecified atom stereocenters. The van der Waals surface area contributed by atoms with Crippen molar-refractivity contribution in [1.82, 2.24) is 15.2 Å². The Hall–Kier alpha value is -1.60. The van der Waals surface area contributed by atoms with Gasteiger partial charge in [0.15, 0.2) is 0 Å². The number of aromatic nitrogens is 1. The number of pyridine rings is 1. The second kappa shape index (κ2) is 8.86. The summed E-state index contributed by atoms with van der Waals surface area (Å²) in [5.41, 5.74) is 2.72. The van der Waals surface area contributed by atoms with E-state index < -0.39 is 0 Å². The molecule has 3 rings (SSSR count). The van der Waals surface area contributed by atoms with Gasteiger partial charge in [0.25, 0.3) is 0 Å². The van der Waals surface area contributed by atoms with Crippen molar-refractivity contribution in [3.8, 4) is 0 Å². The molecule has 2 aliphatic heterocycles. The van der Waals surface area contributed by atoms with E-state index in [1.165, 1.54) is 44.1 Å². The molecule has 142 valence electrons. The van der Waals surface area contributed by atoms with Crippen LogP contribution >= 0.6 is 11.8 Å². The van der Waals surface area contributed by atoms with Crippen LogP contribution in [-0.4, -0.2) is 60.2 Å². The summed E-state index contributed by atoms with van der Waals surface area (Å²) in [6.07, 6.45) is 4.86. The van der Waals surface area contributed by atoms with Gasteiger partial charge in [-0.25, -0.2) is 4.98 Å². The van der Waals surface area contributed by atoms with Crippen molar-refractivity contribution in [2.24, 2.45) is 0 Å². The SMILES string of the molecule is Cc1cc(C)c2c(n1)SCC(=O)N2CC(=O)NCCCN1CCCCC1. The zero-order chi connectivity index (χ0) is 18.5. The van der Waals surface area contributed by atoms with Gasteiger partial charge in [-0.15, -0.1) is 0 Å². The zero-order valence-corrected chi connectivity index (χ0v) is 16.5. The van der Waals surface area contributed by atoms with Crippen LogP contribution in [0, 0.1) is 13.8 Å². The number of rotatable bonds is 6. The number of nitrogens with one attached hydrogen (secondary N) is 1. The van der Waals surface area contributed by atoms with Gasteiger partial charge in [0.1, 0.15) is 11.6 Å². The molecule has 1 saturated heterocycles. The Morgan fingerprint density at radius 2 is 2.04 bits per heavy atom. The number of nitrogens with zero attached hydrogens (tertiary/aromatic N) is 3. The number of likely N-dealkylation sites (tertiary alicyclic amines) is 1. The molecule has 7 heteroatoms. The van der Waals surface area contributed by atoms with E-state index in [2.05, 4.69) is 15.2 Å². The van der Waals surface area contributed by atoms with Crippen molar-refractivity contribution in [3.63, 3.8) is 0 Å². The Bertz CT molecular complexity index is 674. The molecule has 2 amide bonds. The van der Waals surface area contributed by atoms with Crippen LogP contribution in [-0.2, 0) is 9.59 Å². The van der Waals surface area contributed by atoms with E-state index in [1.54, 1.807) is 4.90 Å². The van der Waals surface area contributed by atoms with Crippen molar-refractivity contribution >= 4 is 29.3 Å². The Labute approximate surface area is 159 Å². The Balaban J connectivity index is 1.52. The fourth-order valence-corrected chi connectivity index (χ4v) is 4.67. The van der Waals surface area contributed by atoms with Crippen LogP contribution < -0.4 is 10.2 Å². The number of carbonyl (C=O) groups is 2. The minimum Gasteiger partial charge on any atom is -0.355 e. The van der Waals surface area contributed by atoms with Gasteiger partial charge >= 0.3 is 0 Å². The Morgan fingerprint density at radius 1 is 1.27 bits per heavy atom. The molecule has 1 aromatic rings. The molecule has 6 nitrogen and oxygen atoms in total. The quantitative estimate of drug-likeness (QED) is 0.771. The van der Waals surface area contributed by atoms with Crippen LogP contribution in [0.4, 0.5) is 5.69 Å². The average Bonchev–Trinajstić information content (AvgIpc) is 2.62. The number of hydrogen-bond acceptors (Lipinski definition) is 5. The maximum Gasteiger partial charge on any atom is 0.240 e. The number of fused-ring (bicyclic) bond motifs is 1. The van der Waals surface area contributed by atoms with Gasteiger partial charge < -0.3 is 10.2 Å². The maximum atomic E-state index is 12.4. The predicted octanol–water partition coefficient (Wildman–Crippen LogP) is 2.13. The van der Waals surface area contributed by atoms with Crippen LogP contribution in [0.1, 0.15) is 36.9 Å². The first-order valence-electron chi connectivity index (χ1n) is 9.45. The van der Waals surface area contributed by atoms with E-state index in [9.17, 15) is 9.59 Å². The van der Waals surface area contributed by atoms with Crippen LogP contribution in [0.15, 0.2) is 11.1 Å². The first kappa shape index (κ1) is 19.2. The molecular weight excluding hydrogens is 348 g/mol. The number of thioether (sulfide) groups is 1. The third-order valence-corrected chi connectivity index (χ3v) is 5.86. The summed E-state index contributed by atoms with van der Waals surface area (Å²) in [6.45, 7) is 8.03. The van der Waals surface area contributed by atoms with E-state index in [1.807, 2.05) is 19.9 Å². The van der Waals surface area contributed by atoms with Gasteiger partial charge in [0.2, 0.25) is 11.8 Å². The maximum absolute atomic E-state index is 12.4. The summed E-state index contributed by atoms with van der Waals surface area (Å²) in [5, 5.41) is 3.81. The lowest BCUT2D eigenvalue weighted by Crippen LogP contribution is -2.44. The van der Waals surface area contributed by atoms with Crippen molar-refractivity contribution in [3.05, 3.63) is 17.3 Å². The van der Waals surface area contributed by atoms with Crippen LogP contribution in [0.2, 0.25) is 0 Å². The number of aryl methyl sites for hydroxylation is 2.